The number of sulfonamides is 1. The van der Waals surface area contributed by atoms with Crippen molar-refractivity contribution in [1.29, 1.82) is 0 Å². The molecule has 1 N–H and O–H groups in total. The molecule has 4 rings (SSSR count). The van der Waals surface area contributed by atoms with Crippen molar-refractivity contribution >= 4 is 15.7 Å². The molecule has 0 saturated carbocycles. The number of anilines is 1. The minimum Gasteiger partial charge on any atom is -0.380 e. The van der Waals surface area contributed by atoms with E-state index in [-0.39, 0.29) is 17.0 Å². The Morgan fingerprint density at radius 2 is 1.81 bits per heavy atom. The Labute approximate surface area is 158 Å². The van der Waals surface area contributed by atoms with Crippen LogP contribution in [-0.4, -0.2) is 46.4 Å². The van der Waals surface area contributed by atoms with Crippen LogP contribution in [-0.2, 0) is 17.1 Å². The van der Waals surface area contributed by atoms with E-state index in [0.717, 1.165) is 11.3 Å². The lowest BCUT2D eigenvalue weighted by atomic mass is 9.94. The molecule has 0 spiro atoms. The van der Waals surface area contributed by atoms with E-state index >= 15 is 0 Å². The number of aromatic nitrogens is 3. The molecule has 8 heteroatoms. The number of pyridine rings is 1. The summed E-state index contributed by atoms with van der Waals surface area (Å²) in [7, 11) is -1.87. The summed E-state index contributed by atoms with van der Waals surface area (Å²) in [5.41, 5.74) is 2.04. The van der Waals surface area contributed by atoms with Crippen molar-refractivity contribution in [3.05, 3.63) is 72.9 Å². The second kappa shape index (κ2) is 7.13. The molecule has 2 aromatic heterocycles. The first-order valence-electron chi connectivity index (χ1n) is 8.73. The predicted molar refractivity (Wildman–Crippen MR) is 103 cm³/mol. The lowest BCUT2D eigenvalue weighted by Gasteiger charge is -2.21. The van der Waals surface area contributed by atoms with Crippen molar-refractivity contribution in [3.63, 3.8) is 0 Å². The topological polar surface area (TPSA) is 80.1 Å². The first-order chi connectivity index (χ1) is 13.0. The quantitative estimate of drug-likeness (QED) is 0.730. The molecule has 7 nitrogen and oxygen atoms in total. The van der Waals surface area contributed by atoms with Crippen LogP contribution in [0.4, 0.5) is 5.69 Å². The Hall–Kier alpha value is -2.71. The molecule has 1 aromatic carbocycles. The average molecular weight is 383 g/mol. The van der Waals surface area contributed by atoms with E-state index in [1.54, 1.807) is 24.0 Å². The number of hydrogen-bond acceptors (Lipinski definition) is 5. The maximum Gasteiger partial charge on any atom is 0.262 e. The predicted octanol–water partition coefficient (Wildman–Crippen LogP) is 2.08. The van der Waals surface area contributed by atoms with Gasteiger partial charge in [-0.1, -0.05) is 30.3 Å². The lowest BCUT2D eigenvalue weighted by molar-refractivity contribution is 0.468. The number of benzene rings is 1. The largest absolute Gasteiger partial charge is 0.380 e. The van der Waals surface area contributed by atoms with Gasteiger partial charge in [0.25, 0.3) is 10.0 Å². The molecule has 0 aliphatic carbocycles. The third-order valence-corrected chi connectivity index (χ3v) is 6.55. The molecule has 0 unspecified atom stereocenters. The highest BCUT2D eigenvalue weighted by atomic mass is 32.2. The number of hydrogen-bond donors (Lipinski definition) is 1. The molecule has 140 valence electrons. The molecule has 3 aromatic rings. The summed E-state index contributed by atoms with van der Waals surface area (Å²) >= 11 is 0. The normalized spacial score (nSPS) is 20.6. The maximum atomic E-state index is 13.0. The Kier molecular flexibility index (Phi) is 4.67. The SMILES string of the molecule is Cn1cnc(S(=O)(=O)N2C[C@H](Nc3ccncc3)[C@@H](c3ccccc3)C2)c1. The van der Waals surface area contributed by atoms with E-state index < -0.39 is 10.0 Å². The number of rotatable bonds is 5. The van der Waals surface area contributed by atoms with Crippen molar-refractivity contribution in [2.24, 2.45) is 7.05 Å². The molecule has 1 aliphatic heterocycles. The van der Waals surface area contributed by atoms with Gasteiger partial charge in [-0.2, -0.15) is 4.31 Å². The van der Waals surface area contributed by atoms with E-state index in [9.17, 15) is 8.42 Å². The molecule has 0 bridgehead atoms. The summed E-state index contributed by atoms with van der Waals surface area (Å²) in [6.07, 6.45) is 6.48. The van der Waals surface area contributed by atoms with Gasteiger partial charge in [-0.3, -0.25) is 4.98 Å². The first kappa shape index (κ1) is 17.7. The summed E-state index contributed by atoms with van der Waals surface area (Å²) in [6.45, 7) is 0.784. The van der Waals surface area contributed by atoms with Gasteiger partial charge in [0.2, 0.25) is 0 Å². The fourth-order valence-electron chi connectivity index (χ4n) is 3.46. The maximum absolute atomic E-state index is 13.0. The van der Waals surface area contributed by atoms with Crippen LogP contribution in [0.25, 0.3) is 0 Å². The Balaban J connectivity index is 1.64. The molecule has 0 radical (unpaired) electrons. The monoisotopic (exact) mass is 383 g/mol. The van der Waals surface area contributed by atoms with E-state index in [1.807, 2.05) is 42.5 Å². The minimum absolute atomic E-state index is 0.0397. The van der Waals surface area contributed by atoms with Crippen LogP contribution < -0.4 is 5.32 Å². The number of nitrogens with zero attached hydrogens (tertiary/aromatic N) is 4. The molecule has 1 fully saturated rings. The van der Waals surface area contributed by atoms with Gasteiger partial charge in [0, 0.05) is 56.4 Å². The number of nitrogens with one attached hydrogen (secondary N) is 1. The van der Waals surface area contributed by atoms with E-state index in [0.29, 0.717) is 13.1 Å². The van der Waals surface area contributed by atoms with Crippen LogP contribution in [0.1, 0.15) is 11.5 Å². The summed E-state index contributed by atoms with van der Waals surface area (Å²) in [4.78, 5) is 8.08. The van der Waals surface area contributed by atoms with Crippen molar-refractivity contribution < 1.29 is 8.42 Å². The zero-order chi connectivity index (χ0) is 18.9. The van der Waals surface area contributed by atoms with Gasteiger partial charge < -0.3 is 9.88 Å². The molecular weight excluding hydrogens is 362 g/mol. The fraction of sp³-hybridized carbons (Fsp3) is 0.263. The van der Waals surface area contributed by atoms with Gasteiger partial charge in [-0.15, -0.1) is 0 Å². The third-order valence-electron chi connectivity index (χ3n) is 4.83. The van der Waals surface area contributed by atoms with Gasteiger partial charge >= 0.3 is 0 Å². The number of imidazole rings is 1. The van der Waals surface area contributed by atoms with Crippen molar-refractivity contribution in [2.45, 2.75) is 17.0 Å². The lowest BCUT2D eigenvalue weighted by Crippen LogP contribution is -2.32. The third kappa shape index (κ3) is 3.58. The van der Waals surface area contributed by atoms with Crippen LogP contribution in [0.2, 0.25) is 0 Å². The fourth-order valence-corrected chi connectivity index (χ4v) is 4.92. The number of aryl methyl sites for hydroxylation is 1. The highest BCUT2D eigenvalue weighted by molar-refractivity contribution is 7.89. The van der Waals surface area contributed by atoms with Crippen LogP contribution in [0, 0.1) is 0 Å². The molecule has 1 saturated heterocycles. The highest BCUT2D eigenvalue weighted by Gasteiger charge is 2.40. The van der Waals surface area contributed by atoms with Crippen LogP contribution in [0.5, 0.6) is 0 Å². The van der Waals surface area contributed by atoms with Crippen molar-refractivity contribution in [2.75, 3.05) is 18.4 Å². The van der Waals surface area contributed by atoms with E-state index in [1.165, 1.54) is 16.8 Å². The molecule has 3 heterocycles. The highest BCUT2D eigenvalue weighted by Crippen LogP contribution is 2.33. The van der Waals surface area contributed by atoms with Gasteiger partial charge in [0.1, 0.15) is 0 Å². The Bertz CT molecular complexity index is 1000. The Morgan fingerprint density at radius 3 is 2.48 bits per heavy atom. The van der Waals surface area contributed by atoms with Crippen molar-refractivity contribution in [3.8, 4) is 0 Å². The van der Waals surface area contributed by atoms with Gasteiger partial charge in [-0.25, -0.2) is 13.4 Å². The van der Waals surface area contributed by atoms with E-state index in [4.69, 9.17) is 0 Å². The molecule has 1 aliphatic rings. The first-order valence-corrected chi connectivity index (χ1v) is 10.2. The standard InChI is InChI=1S/C19H21N5O2S/c1-23-13-19(21-14-23)27(25,26)24-11-17(15-5-3-2-4-6-15)18(12-24)22-16-7-9-20-10-8-16/h2-10,13-14,17-18H,11-12H2,1H3,(H,20,22)/t17-,18+/m1/s1. The average Bonchev–Trinajstić information content (AvgIpc) is 3.31. The minimum atomic E-state index is -3.63. The van der Waals surface area contributed by atoms with Crippen LogP contribution >= 0.6 is 0 Å². The summed E-state index contributed by atoms with van der Waals surface area (Å²) in [6, 6.07) is 13.7. The molecule has 27 heavy (non-hydrogen) atoms. The second-order valence-electron chi connectivity index (χ2n) is 6.70. The van der Waals surface area contributed by atoms with Gasteiger partial charge in [0.05, 0.1) is 6.33 Å². The van der Waals surface area contributed by atoms with Gasteiger partial charge in [0.15, 0.2) is 5.03 Å². The summed E-state index contributed by atoms with van der Waals surface area (Å²) in [5.74, 6) is 0.0397. The zero-order valence-corrected chi connectivity index (χ0v) is 15.7. The van der Waals surface area contributed by atoms with Crippen molar-refractivity contribution in [1.82, 2.24) is 18.8 Å². The molecule has 2 atom stereocenters. The summed E-state index contributed by atoms with van der Waals surface area (Å²) < 4.78 is 29.2. The summed E-state index contributed by atoms with van der Waals surface area (Å²) in [5, 5.41) is 3.56. The Morgan fingerprint density at radius 1 is 1.07 bits per heavy atom. The van der Waals surface area contributed by atoms with E-state index in [2.05, 4.69) is 15.3 Å². The van der Waals surface area contributed by atoms with Crippen LogP contribution in [0.15, 0.2) is 72.4 Å². The van der Waals surface area contributed by atoms with Gasteiger partial charge in [-0.05, 0) is 17.7 Å². The second-order valence-corrected chi connectivity index (χ2v) is 8.59. The zero-order valence-electron chi connectivity index (χ0n) is 14.9. The van der Waals surface area contributed by atoms with Crippen LogP contribution in [0.3, 0.4) is 0 Å². The molecule has 0 amide bonds. The smallest absolute Gasteiger partial charge is 0.262 e. The molecular formula is C19H21N5O2S.